The molecule has 2 amide bonds. The first-order valence-electron chi connectivity index (χ1n) is 8.32. The molecule has 0 aliphatic rings. The smallest absolute Gasteiger partial charge is 0.249 e. The zero-order chi connectivity index (χ0) is 20.4. The molecule has 7 nitrogen and oxygen atoms in total. The predicted molar refractivity (Wildman–Crippen MR) is 104 cm³/mol. The molecule has 0 saturated carbocycles. The van der Waals surface area contributed by atoms with Crippen LogP contribution in [0.3, 0.4) is 0 Å². The second kappa shape index (κ2) is 10.5. The van der Waals surface area contributed by atoms with Crippen LogP contribution in [0, 0.1) is 5.82 Å². The Morgan fingerprint density at radius 1 is 1.18 bits per heavy atom. The molecule has 2 aromatic rings. The van der Waals surface area contributed by atoms with Gasteiger partial charge < -0.3 is 14.8 Å². The maximum atomic E-state index is 13.5. The number of ether oxygens (including phenoxy) is 2. The fourth-order valence-corrected chi connectivity index (χ4v) is 2.21. The Labute approximate surface area is 161 Å². The van der Waals surface area contributed by atoms with Crippen LogP contribution in [0.2, 0.25) is 0 Å². The van der Waals surface area contributed by atoms with Gasteiger partial charge in [-0.1, -0.05) is 30.9 Å². The Morgan fingerprint density at radius 3 is 2.68 bits per heavy atom. The number of hydrazone groups is 1. The van der Waals surface area contributed by atoms with E-state index in [0.717, 1.165) is 0 Å². The van der Waals surface area contributed by atoms with Gasteiger partial charge in [-0.3, -0.25) is 9.59 Å². The van der Waals surface area contributed by atoms with Gasteiger partial charge in [0.15, 0.2) is 11.5 Å². The molecule has 0 spiro atoms. The zero-order valence-electron chi connectivity index (χ0n) is 15.3. The van der Waals surface area contributed by atoms with Crippen LogP contribution in [-0.2, 0) is 9.59 Å². The lowest BCUT2D eigenvalue weighted by Crippen LogP contribution is -2.25. The summed E-state index contributed by atoms with van der Waals surface area (Å²) < 4.78 is 24.3. The summed E-state index contributed by atoms with van der Waals surface area (Å²) in [4.78, 5) is 23.7. The van der Waals surface area contributed by atoms with E-state index in [2.05, 4.69) is 22.4 Å². The molecule has 2 rings (SSSR count). The molecule has 0 aromatic heterocycles. The third-order valence-corrected chi connectivity index (χ3v) is 3.44. The lowest BCUT2D eigenvalue weighted by atomic mass is 10.2. The normalized spacial score (nSPS) is 10.4. The summed E-state index contributed by atoms with van der Waals surface area (Å²) in [6.45, 7) is 3.86. The molecule has 28 heavy (non-hydrogen) atoms. The number of carbonyl (C=O) groups is 2. The van der Waals surface area contributed by atoms with E-state index in [1.54, 1.807) is 30.3 Å². The number of nitrogens with zero attached hydrogens (tertiary/aromatic N) is 1. The number of amides is 2. The van der Waals surface area contributed by atoms with Crippen LogP contribution in [-0.4, -0.2) is 31.7 Å². The van der Waals surface area contributed by atoms with E-state index >= 15 is 0 Å². The Kier molecular flexibility index (Phi) is 7.71. The van der Waals surface area contributed by atoms with Crippen molar-refractivity contribution in [1.29, 1.82) is 0 Å². The van der Waals surface area contributed by atoms with Crippen LogP contribution in [0.4, 0.5) is 10.1 Å². The van der Waals surface area contributed by atoms with E-state index < -0.39 is 24.1 Å². The van der Waals surface area contributed by atoms with Gasteiger partial charge in [0.25, 0.3) is 0 Å². The highest BCUT2D eigenvalue weighted by atomic mass is 19.1. The lowest BCUT2D eigenvalue weighted by molar-refractivity contribution is -0.126. The first kappa shape index (κ1) is 20.6. The number of nitrogens with one attached hydrogen (secondary N) is 2. The molecule has 0 heterocycles. The van der Waals surface area contributed by atoms with Crippen LogP contribution in [0.1, 0.15) is 12.0 Å². The van der Waals surface area contributed by atoms with Crippen molar-refractivity contribution in [2.24, 2.45) is 5.10 Å². The summed E-state index contributed by atoms with van der Waals surface area (Å²) in [5, 5.41) is 6.15. The maximum Gasteiger partial charge on any atom is 0.249 e. The van der Waals surface area contributed by atoms with Crippen molar-refractivity contribution >= 4 is 23.7 Å². The molecule has 0 saturated heterocycles. The minimum Gasteiger partial charge on any atom is -0.493 e. The maximum absolute atomic E-state index is 13.5. The monoisotopic (exact) mass is 385 g/mol. The third kappa shape index (κ3) is 5.94. The largest absolute Gasteiger partial charge is 0.493 e. The van der Waals surface area contributed by atoms with E-state index in [0.29, 0.717) is 17.1 Å². The fraction of sp³-hybridized carbons (Fsp3) is 0.150. The number of methoxy groups -OCH3 is 1. The van der Waals surface area contributed by atoms with Crippen molar-refractivity contribution in [2.45, 2.75) is 6.42 Å². The van der Waals surface area contributed by atoms with Crippen LogP contribution in [0.15, 0.2) is 60.2 Å². The minimum absolute atomic E-state index is 0.00388. The summed E-state index contributed by atoms with van der Waals surface area (Å²) >= 11 is 0. The summed E-state index contributed by atoms with van der Waals surface area (Å²) in [5.41, 5.74) is 2.81. The topological polar surface area (TPSA) is 89.0 Å². The van der Waals surface area contributed by atoms with Crippen molar-refractivity contribution in [2.75, 3.05) is 19.0 Å². The number of rotatable bonds is 9. The van der Waals surface area contributed by atoms with Crippen LogP contribution in [0.5, 0.6) is 11.5 Å². The molecule has 0 atom stereocenters. The number of para-hydroxylation sites is 2. The van der Waals surface area contributed by atoms with Crippen molar-refractivity contribution in [3.63, 3.8) is 0 Å². The lowest BCUT2D eigenvalue weighted by Gasteiger charge is -2.11. The highest BCUT2D eigenvalue weighted by Crippen LogP contribution is 2.30. The molecular weight excluding hydrogens is 365 g/mol. The Morgan fingerprint density at radius 2 is 1.96 bits per heavy atom. The standard InChI is InChI=1S/C20H20FN3O4/c1-3-11-28-20-14(7-6-10-17(20)27-2)13-22-24-19(26)12-18(25)23-16-9-5-4-8-15(16)21/h3-10,13H,1,11-12H2,2H3,(H,23,25)(H,24,26). The molecule has 2 aromatic carbocycles. The van der Waals surface area contributed by atoms with Crippen LogP contribution >= 0.6 is 0 Å². The van der Waals surface area contributed by atoms with Gasteiger partial charge in [0, 0.05) is 5.56 Å². The zero-order valence-corrected chi connectivity index (χ0v) is 15.3. The van der Waals surface area contributed by atoms with E-state index in [9.17, 15) is 14.0 Å². The first-order valence-corrected chi connectivity index (χ1v) is 8.32. The number of hydrogen-bond acceptors (Lipinski definition) is 5. The number of anilines is 1. The van der Waals surface area contributed by atoms with Gasteiger partial charge in [-0.2, -0.15) is 5.10 Å². The van der Waals surface area contributed by atoms with Gasteiger partial charge in [-0.15, -0.1) is 0 Å². The van der Waals surface area contributed by atoms with Gasteiger partial charge in [-0.05, 0) is 24.3 Å². The number of halogens is 1. The van der Waals surface area contributed by atoms with E-state index in [1.807, 2.05) is 0 Å². The molecule has 0 aliphatic carbocycles. The van der Waals surface area contributed by atoms with Gasteiger partial charge in [0.1, 0.15) is 18.8 Å². The number of carbonyl (C=O) groups excluding carboxylic acids is 2. The molecule has 8 heteroatoms. The molecule has 146 valence electrons. The van der Waals surface area contributed by atoms with Crippen LogP contribution < -0.4 is 20.2 Å². The Bertz CT molecular complexity index is 884. The quantitative estimate of drug-likeness (QED) is 0.301. The second-order valence-corrected chi connectivity index (χ2v) is 5.48. The number of hydrogen-bond donors (Lipinski definition) is 2. The summed E-state index contributed by atoms with van der Waals surface area (Å²) in [5.74, 6) is -0.948. The molecule has 0 aliphatic heterocycles. The van der Waals surface area contributed by atoms with Gasteiger partial charge in [0.05, 0.1) is 19.0 Å². The second-order valence-electron chi connectivity index (χ2n) is 5.48. The summed E-state index contributed by atoms with van der Waals surface area (Å²) in [6.07, 6.45) is 2.44. The average Bonchev–Trinajstić information content (AvgIpc) is 2.68. The molecule has 0 radical (unpaired) electrons. The number of benzene rings is 2. The fourth-order valence-electron chi connectivity index (χ4n) is 2.21. The first-order chi connectivity index (χ1) is 13.5. The molecule has 0 unspecified atom stereocenters. The van der Waals surface area contributed by atoms with Gasteiger partial charge in [-0.25, -0.2) is 9.82 Å². The molecule has 2 N–H and O–H groups in total. The van der Waals surface area contributed by atoms with Gasteiger partial charge >= 0.3 is 0 Å². The SMILES string of the molecule is C=CCOc1c(C=NNC(=O)CC(=O)Nc2ccccc2F)cccc1OC. The van der Waals surface area contributed by atoms with Crippen molar-refractivity contribution in [1.82, 2.24) is 5.43 Å². The van der Waals surface area contributed by atoms with E-state index in [-0.39, 0.29) is 12.3 Å². The minimum atomic E-state index is -0.658. The van der Waals surface area contributed by atoms with Crippen molar-refractivity contribution < 1.29 is 23.5 Å². The van der Waals surface area contributed by atoms with E-state index in [4.69, 9.17) is 9.47 Å². The van der Waals surface area contributed by atoms with Crippen molar-refractivity contribution in [3.05, 3.63) is 66.5 Å². The Hall–Kier alpha value is -3.68. The Balaban J connectivity index is 1.95. The molecular formula is C20H20FN3O4. The van der Waals surface area contributed by atoms with E-state index in [1.165, 1.54) is 31.5 Å². The third-order valence-electron chi connectivity index (χ3n) is 3.44. The highest BCUT2D eigenvalue weighted by Gasteiger charge is 2.12. The van der Waals surface area contributed by atoms with Gasteiger partial charge in [0.2, 0.25) is 11.8 Å². The highest BCUT2D eigenvalue weighted by molar-refractivity contribution is 6.03. The average molecular weight is 385 g/mol. The van der Waals surface area contributed by atoms with Crippen LogP contribution in [0.25, 0.3) is 0 Å². The summed E-state index contributed by atoms with van der Waals surface area (Å²) in [6, 6.07) is 10.9. The molecule has 0 fully saturated rings. The summed E-state index contributed by atoms with van der Waals surface area (Å²) in [7, 11) is 1.51. The van der Waals surface area contributed by atoms with Crippen molar-refractivity contribution in [3.8, 4) is 11.5 Å². The molecule has 0 bridgehead atoms. The predicted octanol–water partition coefficient (Wildman–Crippen LogP) is 2.88.